The van der Waals surface area contributed by atoms with Crippen LogP contribution in [0.2, 0.25) is 0 Å². The number of Topliss-reactive ketones (excluding diaryl/α,β-unsaturated/α-hetero) is 1. The topological polar surface area (TPSA) is 29.5 Å². The van der Waals surface area contributed by atoms with Crippen molar-refractivity contribution in [1.82, 2.24) is 0 Å². The molecule has 0 unspecified atom stereocenters. The average molecular weight is 269 g/mol. The first-order valence-electron chi connectivity index (χ1n) is 6.49. The molecular formula is C17H19NO2. The minimum absolute atomic E-state index is 0.0534. The molecule has 0 heterocycles. The van der Waals surface area contributed by atoms with E-state index in [4.69, 9.17) is 4.74 Å². The highest BCUT2D eigenvalue weighted by molar-refractivity contribution is 5.96. The number of benzene rings is 2. The van der Waals surface area contributed by atoms with Gasteiger partial charge in [0.25, 0.3) is 0 Å². The Kier molecular flexibility index (Phi) is 4.08. The van der Waals surface area contributed by atoms with E-state index >= 15 is 0 Å². The lowest BCUT2D eigenvalue weighted by Crippen LogP contribution is -2.08. The molecule has 0 saturated carbocycles. The van der Waals surface area contributed by atoms with Crippen molar-refractivity contribution in [3.8, 4) is 16.9 Å². The van der Waals surface area contributed by atoms with Crippen LogP contribution in [0.3, 0.4) is 0 Å². The molecule has 0 aromatic heterocycles. The van der Waals surface area contributed by atoms with Crippen molar-refractivity contribution in [3.63, 3.8) is 0 Å². The fourth-order valence-corrected chi connectivity index (χ4v) is 2.10. The van der Waals surface area contributed by atoms with Crippen LogP contribution in [0, 0.1) is 0 Å². The summed E-state index contributed by atoms with van der Waals surface area (Å²) in [6.07, 6.45) is 0. The van der Waals surface area contributed by atoms with Crippen molar-refractivity contribution in [3.05, 3.63) is 48.0 Å². The normalized spacial score (nSPS) is 10.2. The molecule has 0 aliphatic rings. The van der Waals surface area contributed by atoms with Gasteiger partial charge in [-0.15, -0.1) is 0 Å². The van der Waals surface area contributed by atoms with Gasteiger partial charge in [0.15, 0.2) is 5.78 Å². The summed E-state index contributed by atoms with van der Waals surface area (Å²) in [5, 5.41) is 0. The van der Waals surface area contributed by atoms with E-state index in [1.54, 1.807) is 20.1 Å². The van der Waals surface area contributed by atoms with E-state index in [1.165, 1.54) is 0 Å². The van der Waals surface area contributed by atoms with Crippen LogP contribution >= 0.6 is 0 Å². The molecule has 0 fully saturated rings. The first-order valence-corrected chi connectivity index (χ1v) is 6.49. The Bertz CT molecular complexity index is 633. The van der Waals surface area contributed by atoms with Crippen molar-refractivity contribution in [1.29, 1.82) is 0 Å². The van der Waals surface area contributed by atoms with Gasteiger partial charge in [0.1, 0.15) is 5.75 Å². The molecule has 0 amide bonds. The van der Waals surface area contributed by atoms with E-state index in [1.807, 2.05) is 49.3 Å². The number of nitrogens with zero attached hydrogens (tertiary/aromatic N) is 1. The first-order chi connectivity index (χ1) is 9.52. The molecule has 20 heavy (non-hydrogen) atoms. The number of methoxy groups -OCH3 is 1. The van der Waals surface area contributed by atoms with Gasteiger partial charge in [-0.2, -0.15) is 0 Å². The van der Waals surface area contributed by atoms with E-state index in [0.717, 1.165) is 22.6 Å². The Labute approximate surface area is 119 Å². The first kappa shape index (κ1) is 14.1. The van der Waals surface area contributed by atoms with Gasteiger partial charge >= 0.3 is 0 Å². The highest BCUT2D eigenvalue weighted by atomic mass is 16.5. The molecule has 2 aromatic rings. The van der Waals surface area contributed by atoms with Crippen LogP contribution in [-0.4, -0.2) is 27.0 Å². The third-order valence-corrected chi connectivity index (χ3v) is 3.28. The molecule has 0 radical (unpaired) electrons. The quantitative estimate of drug-likeness (QED) is 0.794. The Balaban J connectivity index is 2.57. The zero-order valence-corrected chi connectivity index (χ0v) is 12.3. The lowest BCUT2D eigenvalue weighted by atomic mass is 10.00. The lowest BCUT2D eigenvalue weighted by Gasteiger charge is -2.15. The summed E-state index contributed by atoms with van der Waals surface area (Å²) >= 11 is 0. The van der Waals surface area contributed by atoms with E-state index in [9.17, 15) is 4.79 Å². The predicted octanol–water partition coefficient (Wildman–Crippen LogP) is 3.63. The van der Waals surface area contributed by atoms with Crippen molar-refractivity contribution < 1.29 is 9.53 Å². The number of carbonyl (C=O) groups excluding carboxylic acids is 1. The lowest BCUT2D eigenvalue weighted by molar-refractivity contribution is 0.101. The molecule has 0 aliphatic heterocycles. The molecule has 0 bridgehead atoms. The fourth-order valence-electron chi connectivity index (χ4n) is 2.10. The molecule has 2 rings (SSSR count). The van der Waals surface area contributed by atoms with Gasteiger partial charge in [0, 0.05) is 30.9 Å². The van der Waals surface area contributed by atoms with Gasteiger partial charge in [-0.05, 0) is 42.8 Å². The van der Waals surface area contributed by atoms with E-state index in [-0.39, 0.29) is 5.78 Å². The molecular weight excluding hydrogens is 250 g/mol. The van der Waals surface area contributed by atoms with Crippen LogP contribution in [0.5, 0.6) is 5.75 Å². The van der Waals surface area contributed by atoms with Gasteiger partial charge in [-0.3, -0.25) is 4.79 Å². The van der Waals surface area contributed by atoms with Gasteiger partial charge in [0.05, 0.1) is 7.11 Å². The Morgan fingerprint density at radius 1 is 1.10 bits per heavy atom. The molecule has 0 aliphatic carbocycles. The summed E-state index contributed by atoms with van der Waals surface area (Å²) in [6.45, 7) is 1.57. The van der Waals surface area contributed by atoms with Gasteiger partial charge in [0.2, 0.25) is 0 Å². The van der Waals surface area contributed by atoms with E-state index in [0.29, 0.717) is 5.56 Å². The Morgan fingerprint density at radius 3 is 2.45 bits per heavy atom. The van der Waals surface area contributed by atoms with Crippen molar-refractivity contribution in [2.75, 3.05) is 26.1 Å². The minimum Gasteiger partial charge on any atom is -0.496 e. The van der Waals surface area contributed by atoms with Crippen molar-refractivity contribution >= 4 is 11.5 Å². The summed E-state index contributed by atoms with van der Waals surface area (Å²) in [7, 11) is 5.65. The van der Waals surface area contributed by atoms with Crippen LogP contribution < -0.4 is 9.64 Å². The number of ketones is 1. The smallest absolute Gasteiger partial charge is 0.159 e. The summed E-state index contributed by atoms with van der Waals surface area (Å²) < 4.78 is 5.41. The minimum atomic E-state index is 0.0534. The summed E-state index contributed by atoms with van der Waals surface area (Å²) in [5.41, 5.74) is 3.77. The number of ether oxygens (including phenoxy) is 1. The van der Waals surface area contributed by atoms with Gasteiger partial charge in [-0.25, -0.2) is 0 Å². The number of carbonyl (C=O) groups is 1. The van der Waals surface area contributed by atoms with Crippen LogP contribution in [-0.2, 0) is 0 Å². The molecule has 0 saturated heterocycles. The van der Waals surface area contributed by atoms with Crippen LogP contribution in [0.15, 0.2) is 42.5 Å². The molecule has 0 N–H and O–H groups in total. The summed E-state index contributed by atoms with van der Waals surface area (Å²) in [4.78, 5) is 13.6. The maximum absolute atomic E-state index is 11.6. The maximum Gasteiger partial charge on any atom is 0.159 e. The predicted molar refractivity (Wildman–Crippen MR) is 82.8 cm³/mol. The average Bonchev–Trinajstić information content (AvgIpc) is 2.46. The standard InChI is InChI=1S/C17H19NO2/c1-12(19)13-8-9-17(20-4)16(11-13)14-6-5-7-15(10-14)18(2)3/h5-11H,1-4H3. The molecule has 2 aromatic carbocycles. The number of anilines is 1. The third kappa shape index (κ3) is 2.82. The Hall–Kier alpha value is -2.29. The van der Waals surface area contributed by atoms with Crippen LogP contribution in [0.1, 0.15) is 17.3 Å². The van der Waals surface area contributed by atoms with Crippen LogP contribution in [0.25, 0.3) is 11.1 Å². The second-order valence-electron chi connectivity index (χ2n) is 4.92. The third-order valence-electron chi connectivity index (χ3n) is 3.28. The number of hydrogen-bond acceptors (Lipinski definition) is 3. The summed E-state index contributed by atoms with van der Waals surface area (Å²) in [5.74, 6) is 0.823. The van der Waals surface area contributed by atoms with Crippen molar-refractivity contribution in [2.24, 2.45) is 0 Å². The largest absolute Gasteiger partial charge is 0.496 e. The fraction of sp³-hybridized carbons (Fsp3) is 0.235. The number of hydrogen-bond donors (Lipinski definition) is 0. The second kappa shape index (κ2) is 5.78. The zero-order valence-electron chi connectivity index (χ0n) is 12.3. The SMILES string of the molecule is COc1ccc(C(C)=O)cc1-c1cccc(N(C)C)c1. The van der Waals surface area contributed by atoms with Crippen molar-refractivity contribution in [2.45, 2.75) is 6.92 Å². The molecule has 104 valence electrons. The maximum atomic E-state index is 11.6. The molecule has 0 atom stereocenters. The van der Waals surface area contributed by atoms with Crippen LogP contribution in [0.4, 0.5) is 5.69 Å². The Morgan fingerprint density at radius 2 is 1.85 bits per heavy atom. The second-order valence-corrected chi connectivity index (χ2v) is 4.92. The zero-order chi connectivity index (χ0) is 14.7. The van der Waals surface area contributed by atoms with Gasteiger partial charge in [-0.1, -0.05) is 12.1 Å². The monoisotopic (exact) mass is 269 g/mol. The summed E-state index contributed by atoms with van der Waals surface area (Å²) in [6, 6.07) is 13.7. The molecule has 3 nitrogen and oxygen atoms in total. The van der Waals surface area contributed by atoms with Gasteiger partial charge < -0.3 is 9.64 Å². The highest BCUT2D eigenvalue weighted by Gasteiger charge is 2.10. The van der Waals surface area contributed by atoms with E-state index in [2.05, 4.69) is 6.07 Å². The molecule has 3 heteroatoms. The van der Waals surface area contributed by atoms with E-state index < -0.39 is 0 Å². The number of rotatable bonds is 4. The highest BCUT2D eigenvalue weighted by Crippen LogP contribution is 2.32. The molecule has 0 spiro atoms.